The van der Waals surface area contributed by atoms with Gasteiger partial charge < -0.3 is 160 Å². The first-order chi connectivity index (χ1) is 37.0. The molecule has 30 atom stereocenters. The van der Waals surface area contributed by atoms with E-state index < -0.39 is 236 Å². The first kappa shape index (κ1) is 62.6. The van der Waals surface area contributed by atoms with Crippen molar-refractivity contribution in [2.45, 2.75) is 184 Å². The normalized spacial score (nSPS) is 47.3. The Morgan fingerprint density at radius 3 is 0.821 bits per heavy atom. The summed E-state index contributed by atoms with van der Waals surface area (Å²) in [4.78, 5) is 26.7. The highest BCUT2D eigenvalue weighted by atomic mass is 16.8. The van der Waals surface area contributed by atoms with Crippen molar-refractivity contribution in [1.29, 1.82) is 0 Å². The summed E-state index contributed by atoms with van der Waals surface area (Å²) in [6.07, 6.45) is -54.7. The zero-order chi connectivity index (χ0) is 57.2. The molecule has 0 saturated carbocycles. The first-order valence-electron chi connectivity index (χ1n) is 24.5. The fourth-order valence-corrected chi connectivity index (χ4v) is 9.59. The second-order valence-electron chi connectivity index (χ2n) is 19.3. The third-order valence-electron chi connectivity index (χ3n) is 14.2. The van der Waals surface area contributed by atoms with Gasteiger partial charge in [0.15, 0.2) is 37.6 Å². The molecule has 2 amide bonds. The number of carbonyl (C=O) groups is 2. The maximum Gasteiger partial charge on any atom is 0.253 e. The molecule has 6 saturated heterocycles. The van der Waals surface area contributed by atoms with Crippen molar-refractivity contribution in [3.8, 4) is 0 Å². The lowest BCUT2D eigenvalue weighted by atomic mass is 9.95. The number of hydrogen-bond acceptors (Lipinski definition) is 32. The summed E-state index contributed by atoms with van der Waals surface area (Å²) in [6, 6.07) is 4.50. The zero-order valence-electron chi connectivity index (χ0n) is 40.7. The van der Waals surface area contributed by atoms with Crippen LogP contribution in [0, 0.1) is 0 Å². The molecule has 34 heteroatoms. The van der Waals surface area contributed by atoms with Crippen molar-refractivity contribution in [1.82, 2.24) is 10.6 Å². The van der Waals surface area contributed by atoms with Crippen LogP contribution in [0.15, 0.2) is 24.3 Å². The Morgan fingerprint density at radius 1 is 0.321 bits per heavy atom. The Hall–Kier alpha value is -3.04. The van der Waals surface area contributed by atoms with Gasteiger partial charge in [-0.15, -0.1) is 0 Å². The van der Waals surface area contributed by atoms with Gasteiger partial charge in [-0.05, 0) is 24.3 Å². The zero-order valence-corrected chi connectivity index (χ0v) is 40.7. The van der Waals surface area contributed by atoms with E-state index in [4.69, 9.17) is 47.4 Å². The van der Waals surface area contributed by atoms with E-state index in [1.54, 1.807) is 0 Å². The molecule has 0 bridgehead atoms. The number of carbonyl (C=O) groups excluding carboxylic acids is 2. The summed E-state index contributed by atoms with van der Waals surface area (Å²) in [5.41, 5.74) is -0.340. The lowest BCUT2D eigenvalue weighted by molar-refractivity contribution is -0.373. The van der Waals surface area contributed by atoms with Gasteiger partial charge in [0.25, 0.3) is 11.8 Å². The minimum atomic E-state index is -2.08. The van der Waals surface area contributed by atoms with Gasteiger partial charge in [-0.2, -0.15) is 0 Å². The molecule has 0 aliphatic carbocycles. The summed E-state index contributed by atoms with van der Waals surface area (Å²) in [6.45, 7) is -5.43. The first-order valence-corrected chi connectivity index (χ1v) is 24.5. The monoisotopic (exact) mass is 1140 g/mol. The van der Waals surface area contributed by atoms with Crippen LogP contribution in [0.4, 0.5) is 0 Å². The largest absolute Gasteiger partial charge is 0.394 e. The summed E-state index contributed by atoms with van der Waals surface area (Å²) >= 11 is 0. The van der Waals surface area contributed by atoms with Crippen LogP contribution in [0.3, 0.4) is 0 Å². The molecular weight excluding hydrogens is 1070 g/mol. The molecule has 22 N–H and O–H groups in total. The smallest absolute Gasteiger partial charge is 0.253 e. The van der Waals surface area contributed by atoms with Crippen LogP contribution >= 0.6 is 0 Å². The van der Waals surface area contributed by atoms with Crippen molar-refractivity contribution in [3.63, 3.8) is 0 Å². The minimum absolute atomic E-state index is 0.170. The molecule has 6 fully saturated rings. The standard InChI is InChI=1S/C44H68N2O32/c47-5-13-19(53)21(55)29(63)41(71-13)77-35-17(9-51)73-43(31(65)25(35)59)75-33-15(7-49)69-39(27(61)23(33)57)45-37(67)11-1-2-12(4-3-11)38(68)46-40-28(62)24(58)34(16(8-50)70-40)76-44-32(66)26(60)36(18(10-52)74-44)78-42-30(64)22(56)20(54)14(6-48)72-42/h1-4,13-36,39-44,47-66H,5-10H2,(H,45,67)(H,46,68)/t13-,14-,15-,16-,17-,18-,19+,20+,21+,22+,23-,24-,25-,26-,27-,28-,29-,30-,31-,32-,33-,34-,35-,36-,39-,40-,41+,42+,43+,44+/m1/s1. The second kappa shape index (κ2) is 26.9. The van der Waals surface area contributed by atoms with Gasteiger partial charge in [-0.1, -0.05) is 0 Å². The van der Waals surface area contributed by atoms with Gasteiger partial charge in [-0.3, -0.25) is 9.59 Å². The van der Waals surface area contributed by atoms with Crippen LogP contribution in [0.5, 0.6) is 0 Å². The third kappa shape index (κ3) is 12.9. The molecule has 6 heterocycles. The predicted octanol–water partition coefficient (Wildman–Crippen LogP) is -14.0. The van der Waals surface area contributed by atoms with Gasteiger partial charge in [0.2, 0.25) is 0 Å². The van der Waals surface area contributed by atoms with Gasteiger partial charge >= 0.3 is 0 Å². The average molecular weight is 1140 g/mol. The molecule has 0 radical (unpaired) electrons. The number of ether oxygens (including phenoxy) is 10. The highest BCUT2D eigenvalue weighted by molar-refractivity contribution is 5.98. The van der Waals surface area contributed by atoms with E-state index in [9.17, 15) is 112 Å². The van der Waals surface area contributed by atoms with E-state index in [2.05, 4.69) is 10.6 Å². The number of rotatable bonds is 18. The lowest BCUT2D eigenvalue weighted by Gasteiger charge is -2.48. The van der Waals surface area contributed by atoms with E-state index in [0.29, 0.717) is 0 Å². The maximum absolute atomic E-state index is 13.3. The second-order valence-corrected chi connectivity index (χ2v) is 19.3. The number of benzene rings is 1. The van der Waals surface area contributed by atoms with Crippen molar-refractivity contribution >= 4 is 11.8 Å². The number of nitrogens with one attached hydrogen (secondary N) is 2. The molecule has 78 heavy (non-hydrogen) atoms. The molecule has 6 aliphatic rings. The summed E-state index contributed by atoms with van der Waals surface area (Å²) in [5, 5.41) is 214. The average Bonchev–Trinajstić information content (AvgIpc) is 3.44. The lowest BCUT2D eigenvalue weighted by Crippen LogP contribution is -2.67. The number of amides is 2. The summed E-state index contributed by atoms with van der Waals surface area (Å²) in [5.74, 6) is -1.93. The third-order valence-corrected chi connectivity index (χ3v) is 14.2. The maximum atomic E-state index is 13.3. The highest BCUT2D eigenvalue weighted by Crippen LogP contribution is 2.35. The van der Waals surface area contributed by atoms with Crippen molar-refractivity contribution < 1.29 is 159 Å². The fourth-order valence-electron chi connectivity index (χ4n) is 9.59. The van der Waals surface area contributed by atoms with Crippen LogP contribution in [0.1, 0.15) is 20.7 Å². The SMILES string of the molecule is O=C(N[C@@H]1O[C@H](CO)[C@@H](O[C@@H]2O[C@H](CO)[C@@H](O[C@@H]3O[C@H](CO)[C@H](O)[C@H](O)[C@H]3O)[C@H](O)[C@H]2O)[C@H](O)[C@H]1O)c1ccc(C(=O)N[C@@H]2O[C@H](CO)[C@@H](O[C@@H]3O[C@H](CO)[C@@H](O[C@@H]4O[C@H](CO)[C@H](O)[C@H](O)[C@H]4O)[C@H](O)[C@H]3O)[C@H](O)[C@H]2O)cc1. The molecule has 0 spiro atoms. The molecule has 1 aromatic rings. The van der Waals surface area contributed by atoms with Crippen molar-refractivity contribution in [2.24, 2.45) is 0 Å². The minimum Gasteiger partial charge on any atom is -0.394 e. The van der Waals surface area contributed by atoms with E-state index in [-0.39, 0.29) is 11.1 Å². The number of aliphatic hydroxyl groups is 20. The molecule has 0 unspecified atom stereocenters. The molecule has 6 aliphatic heterocycles. The molecule has 446 valence electrons. The van der Waals surface area contributed by atoms with Crippen molar-refractivity contribution in [2.75, 3.05) is 39.6 Å². The highest BCUT2D eigenvalue weighted by Gasteiger charge is 2.56. The van der Waals surface area contributed by atoms with Gasteiger partial charge in [0, 0.05) is 11.1 Å². The van der Waals surface area contributed by atoms with Crippen LogP contribution in [-0.2, 0) is 47.4 Å². The van der Waals surface area contributed by atoms with E-state index >= 15 is 0 Å². The quantitative estimate of drug-likeness (QED) is 0.0649. The Balaban J connectivity index is 0.909. The predicted molar refractivity (Wildman–Crippen MR) is 239 cm³/mol. The van der Waals surface area contributed by atoms with Gasteiger partial charge in [0.05, 0.1) is 39.6 Å². The van der Waals surface area contributed by atoms with Crippen molar-refractivity contribution in [3.05, 3.63) is 35.4 Å². The summed E-state index contributed by atoms with van der Waals surface area (Å²) < 4.78 is 55.3. The Kier molecular flexibility index (Phi) is 21.6. The van der Waals surface area contributed by atoms with E-state index in [1.807, 2.05) is 0 Å². The van der Waals surface area contributed by atoms with E-state index in [0.717, 1.165) is 24.3 Å². The topological polar surface area (TPSA) is 555 Å². The van der Waals surface area contributed by atoms with Crippen LogP contribution in [0.25, 0.3) is 0 Å². The number of aliphatic hydroxyl groups excluding tert-OH is 20. The van der Waals surface area contributed by atoms with E-state index in [1.165, 1.54) is 0 Å². The summed E-state index contributed by atoms with van der Waals surface area (Å²) in [7, 11) is 0. The Labute approximate surface area is 440 Å². The Morgan fingerprint density at radius 2 is 0.551 bits per heavy atom. The fraction of sp³-hybridized carbons (Fsp3) is 0.818. The van der Waals surface area contributed by atoms with Gasteiger partial charge in [0.1, 0.15) is 146 Å². The molecule has 7 rings (SSSR count). The van der Waals surface area contributed by atoms with Crippen LogP contribution in [0.2, 0.25) is 0 Å². The Bertz CT molecular complexity index is 1920. The van der Waals surface area contributed by atoms with Crippen LogP contribution < -0.4 is 10.6 Å². The molecule has 1 aromatic carbocycles. The molecule has 0 aromatic heterocycles. The van der Waals surface area contributed by atoms with Crippen LogP contribution in [-0.4, -0.2) is 338 Å². The van der Waals surface area contributed by atoms with Gasteiger partial charge in [-0.25, -0.2) is 0 Å². The molecule has 34 nitrogen and oxygen atoms in total. The number of hydrogen-bond donors (Lipinski definition) is 22. The molecular formula is C44H68N2O32.